The summed E-state index contributed by atoms with van der Waals surface area (Å²) in [7, 11) is 0. The van der Waals surface area contributed by atoms with Crippen LogP contribution in [0.5, 0.6) is 0 Å². The fourth-order valence-electron chi connectivity index (χ4n) is 4.00. The van der Waals surface area contributed by atoms with E-state index in [0.717, 1.165) is 38.6 Å². The molecular weight excluding hydrogens is 512 g/mol. The third kappa shape index (κ3) is 5.67. The summed E-state index contributed by atoms with van der Waals surface area (Å²) < 4.78 is 13.6. The maximum atomic E-state index is 12.7. The Bertz CT molecular complexity index is 1280. The fourth-order valence-corrected chi connectivity index (χ4v) is 4.36. The van der Waals surface area contributed by atoms with Gasteiger partial charge in [0.05, 0.1) is 17.1 Å². The molecule has 3 heterocycles. The summed E-state index contributed by atoms with van der Waals surface area (Å²) in [5.74, 6) is -0.0579. The van der Waals surface area contributed by atoms with E-state index >= 15 is 0 Å². The molecule has 0 N–H and O–H groups in total. The highest BCUT2D eigenvalue weighted by atomic mass is 79.9. The van der Waals surface area contributed by atoms with E-state index in [0.29, 0.717) is 6.42 Å². The van der Waals surface area contributed by atoms with E-state index in [4.69, 9.17) is 14.5 Å². The summed E-state index contributed by atoms with van der Waals surface area (Å²) in [6.07, 6.45) is 4.07. The van der Waals surface area contributed by atoms with Crippen molar-refractivity contribution < 1.29 is 19.1 Å². The van der Waals surface area contributed by atoms with Crippen molar-refractivity contribution in [1.82, 2.24) is 14.5 Å². The lowest BCUT2D eigenvalue weighted by Crippen LogP contribution is -2.34. The summed E-state index contributed by atoms with van der Waals surface area (Å²) in [5.41, 5.74) is 3.40. The molecule has 1 aliphatic rings. The Hall–Kier alpha value is -3.33. The van der Waals surface area contributed by atoms with Gasteiger partial charge in [-0.15, -0.1) is 0 Å². The van der Waals surface area contributed by atoms with Crippen LogP contribution in [-0.4, -0.2) is 44.4 Å². The van der Waals surface area contributed by atoms with Crippen molar-refractivity contribution in [3.8, 4) is 5.69 Å². The van der Waals surface area contributed by atoms with Crippen molar-refractivity contribution in [2.45, 2.75) is 52.2 Å². The van der Waals surface area contributed by atoms with E-state index in [-0.39, 0.29) is 13.0 Å². The lowest BCUT2D eigenvalue weighted by atomic mass is 10.0. The summed E-state index contributed by atoms with van der Waals surface area (Å²) in [5, 5.41) is 0. The Morgan fingerprint density at radius 3 is 2.69 bits per heavy atom. The number of pyridine rings is 1. The number of aryl methyl sites for hydroxylation is 1. The van der Waals surface area contributed by atoms with E-state index in [9.17, 15) is 9.59 Å². The van der Waals surface area contributed by atoms with Crippen LogP contribution in [0.4, 0.5) is 0 Å². The van der Waals surface area contributed by atoms with Gasteiger partial charge < -0.3 is 9.47 Å². The number of fused-ring (bicyclic) bond motifs is 3. The van der Waals surface area contributed by atoms with Crippen LogP contribution in [-0.2, 0) is 19.1 Å². The molecule has 182 valence electrons. The number of aromatic nitrogens is 3. The number of carbonyl (C=O) groups excluding carboxylic acids is 2. The molecule has 0 bridgehead atoms. The number of imidazole rings is 1. The van der Waals surface area contributed by atoms with Crippen LogP contribution in [0.25, 0.3) is 5.69 Å². The molecule has 1 aromatic carbocycles. The fraction of sp³-hybridized carbons (Fsp3) is 0.346. The minimum absolute atomic E-state index is 0.00668. The first-order valence-electron chi connectivity index (χ1n) is 11.3. The van der Waals surface area contributed by atoms with Crippen molar-refractivity contribution in [2.75, 3.05) is 6.61 Å². The minimum Gasteiger partial charge on any atom is -0.462 e. The molecule has 0 unspecified atom stereocenters. The second kappa shape index (κ2) is 10.1. The Kier molecular flexibility index (Phi) is 7.16. The Morgan fingerprint density at radius 2 is 1.97 bits per heavy atom. The van der Waals surface area contributed by atoms with Crippen LogP contribution in [0, 0.1) is 6.92 Å². The third-order valence-electron chi connectivity index (χ3n) is 5.55. The number of ether oxygens (including phenoxy) is 2. The summed E-state index contributed by atoms with van der Waals surface area (Å²) in [6, 6.07) is 11.4. The molecule has 8 nitrogen and oxygen atoms in total. The Morgan fingerprint density at radius 1 is 1.17 bits per heavy atom. The number of esters is 2. The lowest BCUT2D eigenvalue weighted by Gasteiger charge is -2.24. The average Bonchev–Trinajstić information content (AvgIpc) is 3.12. The highest BCUT2D eigenvalue weighted by Gasteiger charge is 2.30. The van der Waals surface area contributed by atoms with Crippen LogP contribution >= 0.6 is 15.9 Å². The molecule has 35 heavy (non-hydrogen) atoms. The van der Waals surface area contributed by atoms with Crippen molar-refractivity contribution >= 4 is 33.6 Å². The van der Waals surface area contributed by atoms with Gasteiger partial charge >= 0.3 is 11.9 Å². The highest BCUT2D eigenvalue weighted by Crippen LogP contribution is 2.34. The molecule has 9 heteroatoms. The van der Waals surface area contributed by atoms with Gasteiger partial charge in [0.1, 0.15) is 24.1 Å². The molecule has 3 aromatic rings. The first-order valence-corrected chi connectivity index (χ1v) is 12.1. The summed E-state index contributed by atoms with van der Waals surface area (Å²) in [4.78, 5) is 38.1. The number of aliphatic imine (C=N–C) groups is 1. The largest absolute Gasteiger partial charge is 0.462 e. The van der Waals surface area contributed by atoms with E-state index in [2.05, 4.69) is 30.5 Å². The molecule has 0 aliphatic carbocycles. The van der Waals surface area contributed by atoms with Gasteiger partial charge in [0.2, 0.25) is 0 Å². The van der Waals surface area contributed by atoms with Gasteiger partial charge in [-0.05, 0) is 57.5 Å². The van der Waals surface area contributed by atoms with Gasteiger partial charge in [0.25, 0.3) is 0 Å². The van der Waals surface area contributed by atoms with Crippen LogP contribution < -0.4 is 0 Å². The van der Waals surface area contributed by atoms with Gasteiger partial charge in [-0.3, -0.25) is 24.1 Å². The van der Waals surface area contributed by atoms with Crippen molar-refractivity contribution in [3.63, 3.8) is 0 Å². The molecule has 0 spiro atoms. The number of halogens is 1. The maximum absolute atomic E-state index is 12.7. The molecule has 0 radical (unpaired) electrons. The molecule has 1 atom stereocenters. The number of hydrogen-bond acceptors (Lipinski definition) is 7. The molecule has 4 rings (SSSR count). The zero-order chi connectivity index (χ0) is 25.2. The van der Waals surface area contributed by atoms with Gasteiger partial charge in [-0.25, -0.2) is 4.98 Å². The molecule has 2 aromatic heterocycles. The number of carbonyl (C=O) groups is 2. The molecule has 0 amide bonds. The second-order valence-corrected chi connectivity index (χ2v) is 9.93. The van der Waals surface area contributed by atoms with Gasteiger partial charge in [-0.2, -0.15) is 0 Å². The molecule has 0 saturated carbocycles. The second-order valence-electron chi connectivity index (χ2n) is 9.02. The van der Waals surface area contributed by atoms with Gasteiger partial charge in [0, 0.05) is 41.5 Å². The van der Waals surface area contributed by atoms with E-state index in [1.807, 2.05) is 49.5 Å². The average molecular weight is 539 g/mol. The Balaban J connectivity index is 1.67. The minimum atomic E-state index is -0.924. The third-order valence-corrected chi connectivity index (χ3v) is 6.04. The topological polar surface area (TPSA) is 95.7 Å². The monoisotopic (exact) mass is 538 g/mol. The molecule has 1 aliphatic heterocycles. The lowest BCUT2D eigenvalue weighted by molar-refractivity contribution is -0.167. The van der Waals surface area contributed by atoms with Crippen molar-refractivity contribution in [3.05, 3.63) is 76.0 Å². The maximum Gasteiger partial charge on any atom is 0.306 e. The van der Waals surface area contributed by atoms with Crippen LogP contribution in [0.1, 0.15) is 62.4 Å². The van der Waals surface area contributed by atoms with Gasteiger partial charge in [0.15, 0.2) is 0 Å². The SMILES string of the molecule is CC(=O)OCC(C)(C)OC(=O)CC[C@@H]1N=C(c2ccccn2)c2cc(Br)ccc2-n2c(C)cnc21. The molecule has 0 saturated heterocycles. The van der Waals surface area contributed by atoms with Crippen LogP contribution in [0.3, 0.4) is 0 Å². The van der Waals surface area contributed by atoms with Crippen molar-refractivity contribution in [2.24, 2.45) is 4.99 Å². The predicted octanol–water partition coefficient (Wildman–Crippen LogP) is 4.90. The van der Waals surface area contributed by atoms with Crippen LogP contribution in [0.2, 0.25) is 0 Å². The number of rotatable bonds is 7. The Labute approximate surface area is 212 Å². The molecular formula is C26H27BrN4O4. The standard InChI is InChI=1S/C26H27BrN4O4/c1-16-14-29-25-21(9-11-23(33)35-26(3,4)15-34-17(2)32)30-24(20-7-5-6-12-28-20)19-13-18(27)8-10-22(19)31(16)25/h5-8,10,12-14,21H,9,11,15H2,1-4H3/t21-/m0/s1. The van der Waals surface area contributed by atoms with Crippen LogP contribution in [0.15, 0.2) is 58.3 Å². The first kappa shape index (κ1) is 24.8. The number of benzene rings is 1. The first-order chi connectivity index (χ1) is 16.6. The van der Waals surface area contributed by atoms with Crippen molar-refractivity contribution in [1.29, 1.82) is 0 Å². The smallest absolute Gasteiger partial charge is 0.306 e. The molecule has 0 fully saturated rings. The van der Waals surface area contributed by atoms with E-state index in [1.54, 1.807) is 20.0 Å². The summed E-state index contributed by atoms with van der Waals surface area (Å²) >= 11 is 3.59. The van der Waals surface area contributed by atoms with E-state index in [1.165, 1.54) is 6.92 Å². The number of hydrogen-bond donors (Lipinski definition) is 0. The zero-order valence-corrected chi connectivity index (χ0v) is 21.7. The number of nitrogens with zero attached hydrogens (tertiary/aromatic N) is 4. The zero-order valence-electron chi connectivity index (χ0n) is 20.1. The normalized spacial score (nSPS) is 14.9. The highest BCUT2D eigenvalue weighted by molar-refractivity contribution is 9.10. The summed E-state index contributed by atoms with van der Waals surface area (Å²) in [6.45, 7) is 6.73. The quantitative estimate of drug-likeness (QED) is 0.397. The van der Waals surface area contributed by atoms with E-state index < -0.39 is 23.6 Å². The predicted molar refractivity (Wildman–Crippen MR) is 135 cm³/mol. The van der Waals surface area contributed by atoms with Gasteiger partial charge in [-0.1, -0.05) is 22.0 Å².